The van der Waals surface area contributed by atoms with Crippen molar-refractivity contribution >= 4 is 0 Å². The Balaban J connectivity index is 2.14. The summed E-state index contributed by atoms with van der Waals surface area (Å²) < 4.78 is 0. The zero-order valence-electron chi connectivity index (χ0n) is 12.8. The van der Waals surface area contributed by atoms with Gasteiger partial charge in [-0.3, -0.25) is 0 Å². The van der Waals surface area contributed by atoms with E-state index in [0.717, 1.165) is 5.92 Å². The lowest BCUT2D eigenvalue weighted by atomic mass is 9.82. The Morgan fingerprint density at radius 2 is 1.58 bits per heavy atom. The average molecular weight is 259 g/mol. The van der Waals surface area contributed by atoms with E-state index in [1.807, 2.05) is 0 Å². The average Bonchev–Trinajstić information content (AvgIpc) is 2.36. The number of benzene rings is 1. The molecular weight excluding hydrogens is 230 g/mol. The Labute approximate surface area is 118 Å². The molecule has 1 saturated carbocycles. The van der Waals surface area contributed by atoms with Gasteiger partial charge in [-0.2, -0.15) is 0 Å². The number of hydrogen-bond acceptors (Lipinski definition) is 1. The first kappa shape index (κ1) is 14.6. The van der Waals surface area contributed by atoms with Gasteiger partial charge >= 0.3 is 0 Å². The predicted molar refractivity (Wildman–Crippen MR) is 83.5 cm³/mol. The highest BCUT2D eigenvalue weighted by Gasteiger charge is 2.22. The van der Waals surface area contributed by atoms with Gasteiger partial charge in [0.05, 0.1) is 0 Å². The van der Waals surface area contributed by atoms with Gasteiger partial charge < -0.3 is 5.32 Å². The molecule has 1 fully saturated rings. The van der Waals surface area contributed by atoms with Crippen LogP contribution < -0.4 is 5.32 Å². The van der Waals surface area contributed by atoms with E-state index in [2.05, 4.69) is 44.4 Å². The lowest BCUT2D eigenvalue weighted by Crippen LogP contribution is -2.26. The summed E-state index contributed by atoms with van der Waals surface area (Å²) in [7, 11) is 2.12. The molecule has 1 aliphatic rings. The molecule has 0 aromatic heterocycles. The summed E-state index contributed by atoms with van der Waals surface area (Å²) in [4.78, 5) is 0. The molecule has 0 bridgehead atoms. The molecule has 0 heterocycles. The zero-order chi connectivity index (χ0) is 13.7. The van der Waals surface area contributed by atoms with E-state index in [4.69, 9.17) is 0 Å². The highest BCUT2D eigenvalue weighted by Crippen LogP contribution is 2.33. The van der Waals surface area contributed by atoms with E-state index in [1.165, 1.54) is 61.6 Å². The summed E-state index contributed by atoms with van der Waals surface area (Å²) in [6.07, 6.45) is 9.90. The molecule has 106 valence electrons. The predicted octanol–water partition coefficient (Wildman–Crippen LogP) is 4.92. The van der Waals surface area contributed by atoms with Gasteiger partial charge in [-0.25, -0.2) is 0 Å². The normalized spacial score (nSPS) is 19.7. The van der Waals surface area contributed by atoms with Crippen LogP contribution in [-0.4, -0.2) is 7.05 Å². The van der Waals surface area contributed by atoms with Crippen LogP contribution in [0.25, 0.3) is 0 Å². The number of aryl methyl sites for hydroxylation is 2. The van der Waals surface area contributed by atoms with Gasteiger partial charge in [-0.1, -0.05) is 50.3 Å². The van der Waals surface area contributed by atoms with E-state index in [9.17, 15) is 0 Å². The van der Waals surface area contributed by atoms with Crippen LogP contribution in [0.3, 0.4) is 0 Å². The lowest BCUT2D eigenvalue weighted by Gasteiger charge is -2.29. The van der Waals surface area contributed by atoms with Crippen molar-refractivity contribution < 1.29 is 0 Å². The van der Waals surface area contributed by atoms with Gasteiger partial charge in [0.15, 0.2) is 0 Å². The van der Waals surface area contributed by atoms with E-state index in [-0.39, 0.29) is 0 Å². The van der Waals surface area contributed by atoms with E-state index >= 15 is 0 Å². The van der Waals surface area contributed by atoms with Crippen molar-refractivity contribution in [3.8, 4) is 0 Å². The second-order valence-electron chi connectivity index (χ2n) is 6.22. The van der Waals surface area contributed by atoms with Crippen LogP contribution in [0.5, 0.6) is 0 Å². The van der Waals surface area contributed by atoms with Crippen LogP contribution in [0.2, 0.25) is 0 Å². The minimum Gasteiger partial charge on any atom is -0.313 e. The summed E-state index contributed by atoms with van der Waals surface area (Å²) in [6.45, 7) is 4.42. The van der Waals surface area contributed by atoms with Crippen molar-refractivity contribution in [2.45, 2.75) is 64.8 Å². The minimum absolute atomic E-state index is 0.539. The van der Waals surface area contributed by atoms with Crippen molar-refractivity contribution in [1.29, 1.82) is 0 Å². The summed E-state index contributed by atoms with van der Waals surface area (Å²) >= 11 is 0. The molecule has 0 spiro atoms. The molecule has 1 unspecified atom stereocenters. The van der Waals surface area contributed by atoms with Crippen molar-refractivity contribution in [3.63, 3.8) is 0 Å². The monoisotopic (exact) mass is 259 g/mol. The quantitative estimate of drug-likeness (QED) is 0.812. The molecule has 2 rings (SSSR count). The lowest BCUT2D eigenvalue weighted by molar-refractivity contribution is 0.299. The van der Waals surface area contributed by atoms with Crippen LogP contribution in [-0.2, 0) is 0 Å². The van der Waals surface area contributed by atoms with Gasteiger partial charge in [-0.15, -0.1) is 0 Å². The molecule has 1 nitrogen and oxygen atoms in total. The van der Waals surface area contributed by atoms with Crippen LogP contribution >= 0.6 is 0 Å². The number of rotatable bonds is 3. The van der Waals surface area contributed by atoms with Crippen molar-refractivity contribution in [2.75, 3.05) is 7.05 Å². The van der Waals surface area contributed by atoms with E-state index < -0.39 is 0 Å². The highest BCUT2D eigenvalue weighted by atomic mass is 14.9. The molecule has 1 heteroatoms. The molecule has 1 aliphatic carbocycles. The largest absolute Gasteiger partial charge is 0.313 e. The summed E-state index contributed by atoms with van der Waals surface area (Å²) in [5.41, 5.74) is 4.30. The Bertz CT molecular complexity index is 389. The zero-order valence-corrected chi connectivity index (χ0v) is 12.8. The second kappa shape index (κ2) is 7.09. The Kier molecular flexibility index (Phi) is 5.45. The molecule has 0 aliphatic heterocycles. The maximum atomic E-state index is 3.58. The number of nitrogens with one attached hydrogen (secondary N) is 1. The van der Waals surface area contributed by atoms with Crippen molar-refractivity contribution in [2.24, 2.45) is 5.92 Å². The molecule has 0 radical (unpaired) electrons. The number of hydrogen-bond donors (Lipinski definition) is 1. The van der Waals surface area contributed by atoms with Crippen LogP contribution in [0, 0.1) is 19.8 Å². The molecule has 19 heavy (non-hydrogen) atoms. The van der Waals surface area contributed by atoms with E-state index in [1.54, 1.807) is 0 Å². The Hall–Kier alpha value is -0.820. The first-order valence-corrected chi connectivity index (χ1v) is 7.97. The van der Waals surface area contributed by atoms with Gasteiger partial charge in [-0.05, 0) is 56.3 Å². The SMILES string of the molecule is CNC(c1ccc(C)c(C)c1)C1CCCCCCC1. The summed E-state index contributed by atoms with van der Waals surface area (Å²) in [5, 5.41) is 3.58. The van der Waals surface area contributed by atoms with Crippen LogP contribution in [0.1, 0.15) is 67.7 Å². The minimum atomic E-state index is 0.539. The molecular formula is C18H29N. The van der Waals surface area contributed by atoms with Gasteiger partial charge in [0.25, 0.3) is 0 Å². The van der Waals surface area contributed by atoms with E-state index in [0.29, 0.717) is 6.04 Å². The smallest absolute Gasteiger partial charge is 0.0346 e. The molecule has 1 N–H and O–H groups in total. The van der Waals surface area contributed by atoms with Crippen LogP contribution in [0.15, 0.2) is 18.2 Å². The van der Waals surface area contributed by atoms with Crippen molar-refractivity contribution in [3.05, 3.63) is 34.9 Å². The summed E-state index contributed by atoms with van der Waals surface area (Å²) in [5.74, 6) is 0.812. The standard InChI is InChI=1S/C18H29N/c1-14-11-12-17(13-15(14)2)18(19-3)16-9-7-5-4-6-8-10-16/h11-13,16,18-19H,4-10H2,1-3H3. The molecule has 0 saturated heterocycles. The Morgan fingerprint density at radius 3 is 2.16 bits per heavy atom. The molecule has 1 atom stereocenters. The van der Waals surface area contributed by atoms with Gasteiger partial charge in [0.2, 0.25) is 0 Å². The maximum Gasteiger partial charge on any atom is 0.0346 e. The van der Waals surface area contributed by atoms with Crippen molar-refractivity contribution in [1.82, 2.24) is 5.32 Å². The third-order valence-corrected chi connectivity index (χ3v) is 4.82. The Morgan fingerprint density at radius 1 is 0.947 bits per heavy atom. The van der Waals surface area contributed by atoms with Crippen LogP contribution in [0.4, 0.5) is 0 Å². The maximum absolute atomic E-state index is 3.58. The second-order valence-corrected chi connectivity index (χ2v) is 6.22. The van der Waals surface area contributed by atoms with Gasteiger partial charge in [0, 0.05) is 6.04 Å². The molecule has 1 aromatic carbocycles. The molecule has 1 aromatic rings. The first-order valence-electron chi connectivity index (χ1n) is 7.97. The molecule has 0 amide bonds. The first-order chi connectivity index (χ1) is 9.22. The van der Waals surface area contributed by atoms with Gasteiger partial charge in [0.1, 0.15) is 0 Å². The highest BCUT2D eigenvalue weighted by molar-refractivity contribution is 5.32. The fourth-order valence-electron chi connectivity index (χ4n) is 3.45. The fourth-order valence-corrected chi connectivity index (χ4v) is 3.45. The topological polar surface area (TPSA) is 12.0 Å². The third-order valence-electron chi connectivity index (χ3n) is 4.82. The third kappa shape index (κ3) is 3.82. The fraction of sp³-hybridized carbons (Fsp3) is 0.667. The summed E-state index contributed by atoms with van der Waals surface area (Å²) in [6, 6.07) is 7.52.